The first-order chi connectivity index (χ1) is 8.53. The molecule has 0 radical (unpaired) electrons. The average Bonchev–Trinajstić information content (AvgIpc) is 2.71. The molecule has 0 unspecified atom stereocenters. The van der Waals surface area contributed by atoms with E-state index in [9.17, 15) is 4.39 Å². The minimum atomic E-state index is -0.996. The Hall–Kier alpha value is -1.45. The zero-order valence-corrected chi connectivity index (χ0v) is 11.4. The molecule has 0 aromatic carbocycles. The van der Waals surface area contributed by atoms with E-state index in [0.717, 1.165) is 11.3 Å². The summed E-state index contributed by atoms with van der Waals surface area (Å²) in [6.07, 6.45) is 6.92. The maximum atomic E-state index is 13.4. The summed E-state index contributed by atoms with van der Waals surface area (Å²) in [5.74, 6) is 0.963. The highest BCUT2D eigenvalue weighted by molar-refractivity contribution is 5.33. The minimum Gasteiger partial charge on any atom is -0.291 e. The topological polar surface area (TPSA) is 30.2 Å². The van der Waals surface area contributed by atoms with E-state index in [1.165, 1.54) is 0 Å². The SMILES string of the molecule is CC.Cc1cnc2nc(C3CC(C)(F)C3)cn2c1. The maximum absolute atomic E-state index is 13.4. The van der Waals surface area contributed by atoms with Gasteiger partial charge in [-0.25, -0.2) is 14.4 Å². The van der Waals surface area contributed by atoms with Gasteiger partial charge < -0.3 is 0 Å². The first kappa shape index (κ1) is 13.0. The van der Waals surface area contributed by atoms with Crippen LogP contribution in [0.4, 0.5) is 4.39 Å². The molecule has 1 aliphatic carbocycles. The van der Waals surface area contributed by atoms with Crippen LogP contribution in [0.5, 0.6) is 0 Å². The van der Waals surface area contributed by atoms with E-state index >= 15 is 0 Å². The molecule has 0 bridgehead atoms. The summed E-state index contributed by atoms with van der Waals surface area (Å²) in [6.45, 7) is 7.65. The third-order valence-corrected chi connectivity index (χ3v) is 3.22. The van der Waals surface area contributed by atoms with E-state index in [0.29, 0.717) is 18.6 Å². The predicted molar refractivity (Wildman–Crippen MR) is 70.6 cm³/mol. The fraction of sp³-hybridized carbons (Fsp3) is 0.571. The molecule has 1 fully saturated rings. The summed E-state index contributed by atoms with van der Waals surface area (Å²) in [5.41, 5.74) is 1.07. The summed E-state index contributed by atoms with van der Waals surface area (Å²) < 4.78 is 15.3. The zero-order valence-electron chi connectivity index (χ0n) is 11.4. The van der Waals surface area contributed by atoms with Gasteiger partial charge in [0.1, 0.15) is 5.67 Å². The van der Waals surface area contributed by atoms with E-state index < -0.39 is 5.67 Å². The Balaban J connectivity index is 0.000000574. The molecule has 1 aliphatic rings. The van der Waals surface area contributed by atoms with E-state index in [2.05, 4.69) is 9.97 Å². The molecule has 4 heteroatoms. The van der Waals surface area contributed by atoms with Gasteiger partial charge in [-0.15, -0.1) is 0 Å². The first-order valence-electron chi connectivity index (χ1n) is 6.54. The summed E-state index contributed by atoms with van der Waals surface area (Å²) in [6, 6.07) is 0. The Morgan fingerprint density at radius 2 is 2.00 bits per heavy atom. The van der Waals surface area contributed by atoms with Crippen LogP contribution < -0.4 is 0 Å². The summed E-state index contributed by atoms with van der Waals surface area (Å²) in [4.78, 5) is 8.66. The number of aryl methyl sites for hydroxylation is 1. The lowest BCUT2D eigenvalue weighted by Crippen LogP contribution is -2.35. The van der Waals surface area contributed by atoms with Crippen molar-refractivity contribution in [1.29, 1.82) is 0 Å². The molecule has 0 spiro atoms. The fourth-order valence-corrected chi connectivity index (χ4v) is 2.38. The number of imidazole rings is 1. The summed E-state index contributed by atoms with van der Waals surface area (Å²) in [5, 5.41) is 0. The van der Waals surface area contributed by atoms with Crippen molar-refractivity contribution in [2.45, 2.75) is 52.1 Å². The molecule has 2 aromatic rings. The summed E-state index contributed by atoms with van der Waals surface area (Å²) >= 11 is 0. The van der Waals surface area contributed by atoms with Gasteiger partial charge >= 0.3 is 0 Å². The number of halogens is 1. The fourth-order valence-electron chi connectivity index (χ4n) is 2.38. The highest BCUT2D eigenvalue weighted by Gasteiger charge is 2.42. The van der Waals surface area contributed by atoms with E-state index in [1.54, 1.807) is 13.1 Å². The smallest absolute Gasteiger partial charge is 0.233 e. The lowest BCUT2D eigenvalue weighted by molar-refractivity contribution is 0.0602. The minimum absolute atomic E-state index is 0.261. The molecule has 0 amide bonds. The van der Waals surface area contributed by atoms with Gasteiger partial charge in [0.15, 0.2) is 0 Å². The molecule has 2 heterocycles. The van der Waals surface area contributed by atoms with Crippen LogP contribution in [0.25, 0.3) is 5.78 Å². The lowest BCUT2D eigenvalue weighted by atomic mass is 9.72. The molecule has 2 aromatic heterocycles. The van der Waals surface area contributed by atoms with Crippen LogP contribution in [0.1, 0.15) is 50.8 Å². The van der Waals surface area contributed by atoms with Crippen molar-refractivity contribution < 1.29 is 4.39 Å². The predicted octanol–water partition coefficient (Wildman–Crippen LogP) is 3.67. The van der Waals surface area contributed by atoms with E-state index in [-0.39, 0.29) is 5.92 Å². The normalized spacial score (nSPS) is 26.4. The van der Waals surface area contributed by atoms with Gasteiger partial charge in [0.2, 0.25) is 5.78 Å². The van der Waals surface area contributed by atoms with Crippen molar-refractivity contribution in [3.63, 3.8) is 0 Å². The van der Waals surface area contributed by atoms with Crippen molar-refractivity contribution >= 4 is 5.78 Å². The number of nitrogens with zero attached hydrogens (tertiary/aromatic N) is 3. The molecule has 0 saturated heterocycles. The molecule has 18 heavy (non-hydrogen) atoms. The van der Waals surface area contributed by atoms with Gasteiger partial charge in [-0.1, -0.05) is 13.8 Å². The molecule has 0 aliphatic heterocycles. The van der Waals surface area contributed by atoms with Crippen LogP contribution in [0.3, 0.4) is 0 Å². The first-order valence-corrected chi connectivity index (χ1v) is 6.54. The van der Waals surface area contributed by atoms with Gasteiger partial charge in [-0.2, -0.15) is 0 Å². The molecule has 3 rings (SSSR count). The Kier molecular flexibility index (Phi) is 3.37. The standard InChI is InChI=1S/C12H14FN3.C2H6/c1-8-5-14-11-15-10(7-16(11)6-8)9-3-12(2,13)4-9;1-2/h5-7,9H,3-4H2,1-2H3;1-2H3. The van der Waals surface area contributed by atoms with Crippen LogP contribution in [0.15, 0.2) is 18.6 Å². The number of rotatable bonds is 1. The van der Waals surface area contributed by atoms with Gasteiger partial charge in [0, 0.05) is 24.5 Å². The van der Waals surface area contributed by atoms with Crippen LogP contribution in [-0.2, 0) is 0 Å². The van der Waals surface area contributed by atoms with Crippen molar-refractivity contribution in [3.8, 4) is 0 Å². The van der Waals surface area contributed by atoms with Crippen LogP contribution in [0.2, 0.25) is 0 Å². The van der Waals surface area contributed by atoms with Crippen molar-refractivity contribution in [2.75, 3.05) is 0 Å². The second kappa shape index (κ2) is 4.67. The van der Waals surface area contributed by atoms with Crippen molar-refractivity contribution in [2.24, 2.45) is 0 Å². The van der Waals surface area contributed by atoms with E-state index in [1.807, 2.05) is 37.6 Å². The number of hydrogen-bond acceptors (Lipinski definition) is 2. The zero-order chi connectivity index (χ0) is 13.3. The number of fused-ring (bicyclic) bond motifs is 1. The van der Waals surface area contributed by atoms with E-state index in [4.69, 9.17) is 0 Å². The second-order valence-corrected chi connectivity index (χ2v) is 5.02. The van der Waals surface area contributed by atoms with Gasteiger partial charge in [-0.05, 0) is 32.3 Å². The Labute approximate surface area is 107 Å². The molecular weight excluding hydrogens is 229 g/mol. The number of alkyl halides is 1. The van der Waals surface area contributed by atoms with Gasteiger partial charge in [0.05, 0.1) is 5.69 Å². The second-order valence-electron chi connectivity index (χ2n) is 5.02. The van der Waals surface area contributed by atoms with Gasteiger partial charge in [-0.3, -0.25) is 4.40 Å². The molecule has 0 N–H and O–H groups in total. The molecule has 1 saturated carbocycles. The third-order valence-electron chi connectivity index (χ3n) is 3.22. The van der Waals surface area contributed by atoms with Crippen molar-refractivity contribution in [3.05, 3.63) is 29.8 Å². The highest BCUT2D eigenvalue weighted by atomic mass is 19.1. The van der Waals surface area contributed by atoms with Crippen LogP contribution in [-0.4, -0.2) is 20.0 Å². The largest absolute Gasteiger partial charge is 0.291 e. The highest BCUT2D eigenvalue weighted by Crippen LogP contribution is 2.46. The number of hydrogen-bond donors (Lipinski definition) is 0. The third kappa shape index (κ3) is 2.37. The molecular formula is C14H20FN3. The molecule has 3 nitrogen and oxygen atoms in total. The Morgan fingerprint density at radius 3 is 2.61 bits per heavy atom. The van der Waals surface area contributed by atoms with Crippen LogP contribution in [0, 0.1) is 6.92 Å². The van der Waals surface area contributed by atoms with Gasteiger partial charge in [0.25, 0.3) is 0 Å². The molecule has 0 atom stereocenters. The summed E-state index contributed by atoms with van der Waals surface area (Å²) in [7, 11) is 0. The Morgan fingerprint density at radius 1 is 1.33 bits per heavy atom. The monoisotopic (exact) mass is 249 g/mol. The number of aromatic nitrogens is 3. The average molecular weight is 249 g/mol. The van der Waals surface area contributed by atoms with Crippen LogP contribution >= 0.6 is 0 Å². The molecule has 98 valence electrons. The Bertz CT molecular complexity index is 537. The lowest BCUT2D eigenvalue weighted by Gasteiger charge is -2.37. The van der Waals surface area contributed by atoms with Crippen molar-refractivity contribution in [1.82, 2.24) is 14.4 Å². The maximum Gasteiger partial charge on any atom is 0.233 e. The quantitative estimate of drug-likeness (QED) is 0.772.